The summed E-state index contributed by atoms with van der Waals surface area (Å²) in [6, 6.07) is 5.60. The molecule has 1 aromatic carbocycles. The molecule has 6 heteroatoms. The van der Waals surface area contributed by atoms with Crippen molar-refractivity contribution in [3.63, 3.8) is 0 Å². The lowest BCUT2D eigenvalue weighted by atomic mass is 10.0. The molecule has 2 N–H and O–H groups in total. The molecule has 2 rings (SSSR count). The number of hydrogen-bond donors (Lipinski definition) is 1. The summed E-state index contributed by atoms with van der Waals surface area (Å²) in [6.45, 7) is 0. The van der Waals surface area contributed by atoms with Crippen molar-refractivity contribution < 1.29 is 9.47 Å². The molecule has 102 valence electrons. The van der Waals surface area contributed by atoms with Crippen LogP contribution in [-0.2, 0) is 0 Å². The zero-order valence-corrected chi connectivity index (χ0v) is 14.4. The van der Waals surface area contributed by atoms with E-state index in [1.807, 2.05) is 23.6 Å². The van der Waals surface area contributed by atoms with Crippen LogP contribution in [0.2, 0.25) is 0 Å². The SMILES string of the molecule is COc1ccc(C(N)c2cc(Br)cs2)c(OC)c1Br. The van der Waals surface area contributed by atoms with Crippen molar-refractivity contribution in [2.45, 2.75) is 6.04 Å². The van der Waals surface area contributed by atoms with E-state index >= 15 is 0 Å². The Bertz CT molecular complexity index is 586. The highest BCUT2D eigenvalue weighted by molar-refractivity contribution is 9.11. The first-order valence-corrected chi connectivity index (χ1v) is 7.95. The minimum atomic E-state index is -0.228. The van der Waals surface area contributed by atoms with Gasteiger partial charge in [0.25, 0.3) is 0 Å². The molecule has 0 aliphatic rings. The molecule has 0 amide bonds. The predicted molar refractivity (Wildman–Crippen MR) is 85.3 cm³/mol. The van der Waals surface area contributed by atoms with Crippen LogP contribution in [0.3, 0.4) is 0 Å². The van der Waals surface area contributed by atoms with Crippen molar-refractivity contribution in [1.82, 2.24) is 0 Å². The van der Waals surface area contributed by atoms with Gasteiger partial charge in [0, 0.05) is 20.3 Å². The number of hydrogen-bond acceptors (Lipinski definition) is 4. The van der Waals surface area contributed by atoms with E-state index in [0.717, 1.165) is 25.1 Å². The van der Waals surface area contributed by atoms with Crippen LogP contribution in [0.15, 0.2) is 32.5 Å². The van der Waals surface area contributed by atoms with Gasteiger partial charge in [0.15, 0.2) is 0 Å². The second kappa shape index (κ2) is 6.26. The van der Waals surface area contributed by atoms with Gasteiger partial charge in [0.2, 0.25) is 0 Å². The van der Waals surface area contributed by atoms with Crippen LogP contribution < -0.4 is 15.2 Å². The lowest BCUT2D eigenvalue weighted by Gasteiger charge is -2.17. The Morgan fingerprint density at radius 1 is 1.21 bits per heavy atom. The van der Waals surface area contributed by atoms with Crippen LogP contribution in [0.5, 0.6) is 11.5 Å². The van der Waals surface area contributed by atoms with Gasteiger partial charge >= 0.3 is 0 Å². The fraction of sp³-hybridized carbons (Fsp3) is 0.231. The van der Waals surface area contributed by atoms with Gasteiger partial charge in [-0.2, -0.15) is 0 Å². The number of nitrogens with two attached hydrogens (primary N) is 1. The number of ether oxygens (including phenoxy) is 2. The zero-order valence-electron chi connectivity index (χ0n) is 10.4. The van der Waals surface area contributed by atoms with Gasteiger partial charge in [-0.3, -0.25) is 0 Å². The van der Waals surface area contributed by atoms with Gasteiger partial charge in [-0.25, -0.2) is 0 Å². The first-order chi connectivity index (χ1) is 9.08. The van der Waals surface area contributed by atoms with Crippen molar-refractivity contribution in [3.05, 3.63) is 43.0 Å². The monoisotopic (exact) mass is 405 g/mol. The Kier molecular flexibility index (Phi) is 4.89. The maximum Gasteiger partial charge on any atom is 0.141 e. The summed E-state index contributed by atoms with van der Waals surface area (Å²) < 4.78 is 12.5. The Morgan fingerprint density at radius 2 is 1.95 bits per heavy atom. The Hall–Kier alpha value is -0.560. The third kappa shape index (κ3) is 2.97. The van der Waals surface area contributed by atoms with E-state index in [9.17, 15) is 0 Å². The molecule has 0 aliphatic heterocycles. The molecule has 2 aromatic rings. The van der Waals surface area contributed by atoms with Gasteiger partial charge in [-0.05, 0) is 50.1 Å². The average molecular weight is 407 g/mol. The van der Waals surface area contributed by atoms with Crippen LogP contribution in [0.1, 0.15) is 16.5 Å². The van der Waals surface area contributed by atoms with Gasteiger partial charge in [-0.15, -0.1) is 11.3 Å². The second-order valence-electron chi connectivity index (χ2n) is 3.85. The summed E-state index contributed by atoms with van der Waals surface area (Å²) in [5, 5.41) is 2.01. The van der Waals surface area contributed by atoms with Crippen LogP contribution in [0.25, 0.3) is 0 Å². The largest absolute Gasteiger partial charge is 0.495 e. The zero-order chi connectivity index (χ0) is 14.0. The van der Waals surface area contributed by atoms with E-state index in [4.69, 9.17) is 15.2 Å². The molecule has 0 fully saturated rings. The van der Waals surface area contributed by atoms with Crippen LogP contribution in [-0.4, -0.2) is 14.2 Å². The smallest absolute Gasteiger partial charge is 0.141 e. The molecule has 0 spiro atoms. The van der Waals surface area contributed by atoms with Crippen molar-refractivity contribution in [2.75, 3.05) is 14.2 Å². The molecular weight excluding hydrogens is 394 g/mol. The normalized spacial score (nSPS) is 12.3. The number of benzene rings is 1. The van der Waals surface area contributed by atoms with E-state index in [2.05, 4.69) is 31.9 Å². The van der Waals surface area contributed by atoms with E-state index in [-0.39, 0.29) is 6.04 Å². The topological polar surface area (TPSA) is 44.5 Å². The van der Waals surface area contributed by atoms with Gasteiger partial charge in [-0.1, -0.05) is 0 Å². The Balaban J connectivity index is 2.47. The molecule has 0 saturated carbocycles. The lowest BCUT2D eigenvalue weighted by Crippen LogP contribution is -2.12. The predicted octanol–water partition coefficient (Wildman–Crippen LogP) is 4.34. The molecule has 1 atom stereocenters. The Labute approximate surface area is 133 Å². The number of thiophene rings is 1. The first-order valence-electron chi connectivity index (χ1n) is 5.48. The van der Waals surface area contributed by atoms with Crippen molar-refractivity contribution in [1.29, 1.82) is 0 Å². The summed E-state index contributed by atoms with van der Waals surface area (Å²) in [6.07, 6.45) is 0. The minimum absolute atomic E-state index is 0.228. The highest BCUT2D eigenvalue weighted by Crippen LogP contribution is 2.41. The molecule has 1 aromatic heterocycles. The van der Waals surface area contributed by atoms with E-state index < -0.39 is 0 Å². The molecule has 0 aliphatic carbocycles. The van der Waals surface area contributed by atoms with Gasteiger partial charge < -0.3 is 15.2 Å². The molecule has 0 radical (unpaired) electrons. The molecule has 0 bridgehead atoms. The summed E-state index contributed by atoms with van der Waals surface area (Å²) in [5.41, 5.74) is 7.24. The first kappa shape index (κ1) is 14.8. The number of halogens is 2. The van der Waals surface area contributed by atoms with E-state index in [0.29, 0.717) is 5.75 Å². The fourth-order valence-electron chi connectivity index (χ4n) is 1.81. The van der Waals surface area contributed by atoms with E-state index in [1.165, 1.54) is 0 Å². The molecule has 0 saturated heterocycles. The van der Waals surface area contributed by atoms with E-state index in [1.54, 1.807) is 25.6 Å². The quantitative estimate of drug-likeness (QED) is 0.821. The highest BCUT2D eigenvalue weighted by Gasteiger charge is 2.20. The number of rotatable bonds is 4. The maximum atomic E-state index is 6.31. The van der Waals surface area contributed by atoms with Gasteiger partial charge in [0.1, 0.15) is 16.0 Å². The van der Waals surface area contributed by atoms with Crippen molar-refractivity contribution in [3.8, 4) is 11.5 Å². The minimum Gasteiger partial charge on any atom is -0.495 e. The summed E-state index contributed by atoms with van der Waals surface area (Å²) >= 11 is 8.54. The summed E-state index contributed by atoms with van der Waals surface area (Å²) in [5.74, 6) is 1.43. The third-order valence-electron chi connectivity index (χ3n) is 2.75. The molecule has 3 nitrogen and oxygen atoms in total. The molecule has 1 unspecified atom stereocenters. The standard InChI is InChI=1S/C13H13Br2NO2S/c1-17-9-4-3-8(13(18-2)11(9)15)12(16)10-5-7(14)6-19-10/h3-6,12H,16H2,1-2H3. The lowest BCUT2D eigenvalue weighted by molar-refractivity contribution is 0.385. The average Bonchev–Trinajstić information content (AvgIpc) is 2.84. The fourth-order valence-corrected chi connectivity index (χ4v) is 3.96. The number of methoxy groups -OCH3 is 2. The molecule has 19 heavy (non-hydrogen) atoms. The Morgan fingerprint density at radius 3 is 2.47 bits per heavy atom. The van der Waals surface area contributed by atoms with Crippen molar-refractivity contribution >= 4 is 43.2 Å². The second-order valence-corrected chi connectivity index (χ2v) is 6.50. The summed E-state index contributed by atoms with van der Waals surface area (Å²) in [4.78, 5) is 1.07. The third-order valence-corrected chi connectivity index (χ3v) is 5.27. The van der Waals surface area contributed by atoms with Gasteiger partial charge in [0.05, 0.1) is 20.3 Å². The molecular formula is C13H13Br2NO2S. The maximum absolute atomic E-state index is 6.31. The summed E-state index contributed by atoms with van der Waals surface area (Å²) in [7, 11) is 3.25. The van der Waals surface area contributed by atoms with Crippen LogP contribution in [0.4, 0.5) is 0 Å². The van der Waals surface area contributed by atoms with Crippen molar-refractivity contribution in [2.24, 2.45) is 5.73 Å². The van der Waals surface area contributed by atoms with Crippen LogP contribution >= 0.6 is 43.2 Å². The molecule has 1 heterocycles. The van der Waals surface area contributed by atoms with Crippen LogP contribution in [0, 0.1) is 0 Å². The highest BCUT2D eigenvalue weighted by atomic mass is 79.9.